The molecule has 1 fully saturated rings. The minimum atomic E-state index is -0.215. The van der Waals surface area contributed by atoms with Crippen molar-refractivity contribution in [2.24, 2.45) is 0 Å². The molecule has 1 unspecified atom stereocenters. The lowest BCUT2D eigenvalue weighted by Crippen LogP contribution is -2.39. The molecule has 1 saturated heterocycles. The van der Waals surface area contributed by atoms with E-state index in [9.17, 15) is 9.90 Å². The van der Waals surface area contributed by atoms with Crippen LogP contribution in [0.1, 0.15) is 41.4 Å². The smallest absolute Gasteiger partial charge is 0.258 e. The van der Waals surface area contributed by atoms with E-state index in [4.69, 9.17) is 0 Å². The fraction of sp³-hybridized carbons (Fsp3) is 0.278. The second kappa shape index (κ2) is 6.91. The molecule has 1 aromatic carbocycles. The molecular formula is C18H18N6O2. The van der Waals surface area contributed by atoms with Gasteiger partial charge in [0.2, 0.25) is 0 Å². The maximum Gasteiger partial charge on any atom is 0.258 e. The van der Waals surface area contributed by atoms with Gasteiger partial charge < -0.3 is 10.0 Å². The molecule has 26 heavy (non-hydrogen) atoms. The summed E-state index contributed by atoms with van der Waals surface area (Å²) in [5.41, 5.74) is 1.72. The summed E-state index contributed by atoms with van der Waals surface area (Å²) in [5.74, 6) is -0.273. The van der Waals surface area contributed by atoms with Crippen molar-refractivity contribution in [2.75, 3.05) is 6.54 Å². The van der Waals surface area contributed by atoms with Crippen LogP contribution < -0.4 is 0 Å². The molecule has 3 aromatic rings. The molecule has 1 amide bonds. The highest BCUT2D eigenvalue weighted by Crippen LogP contribution is 2.33. The standard InChI is InChI=1S/C18H18N6O2/c25-17-8-7-13(24-12-20-21-22-24)11-14(17)18(26)23-10-4-2-6-16(23)15-5-1-3-9-19-15/h1,3,5,7-9,11-12,16,25H,2,4,6,10H2. The largest absolute Gasteiger partial charge is 0.507 e. The van der Waals surface area contributed by atoms with Gasteiger partial charge in [-0.2, -0.15) is 0 Å². The van der Waals surface area contributed by atoms with Crippen LogP contribution in [0.25, 0.3) is 5.69 Å². The van der Waals surface area contributed by atoms with Gasteiger partial charge in [-0.3, -0.25) is 9.78 Å². The summed E-state index contributed by atoms with van der Waals surface area (Å²) in [6.07, 6.45) is 6.01. The molecule has 8 heteroatoms. The molecule has 0 radical (unpaired) electrons. The molecular weight excluding hydrogens is 332 g/mol. The van der Waals surface area contributed by atoms with Crippen molar-refractivity contribution in [1.29, 1.82) is 0 Å². The van der Waals surface area contributed by atoms with Crippen molar-refractivity contribution in [2.45, 2.75) is 25.3 Å². The summed E-state index contributed by atoms with van der Waals surface area (Å²) in [6, 6.07) is 10.4. The predicted octanol–water partition coefficient (Wildman–Crippen LogP) is 2.13. The molecule has 4 rings (SSSR count). The topological polar surface area (TPSA) is 97.0 Å². The quantitative estimate of drug-likeness (QED) is 0.777. The first kappa shape index (κ1) is 16.2. The number of tetrazole rings is 1. The van der Waals surface area contributed by atoms with E-state index >= 15 is 0 Å². The number of phenolic OH excluding ortho intramolecular Hbond substituents is 1. The van der Waals surface area contributed by atoms with Crippen LogP contribution in [0.4, 0.5) is 0 Å². The Hall–Kier alpha value is -3.29. The summed E-state index contributed by atoms with van der Waals surface area (Å²) in [4.78, 5) is 19.4. The zero-order valence-corrected chi connectivity index (χ0v) is 14.1. The lowest BCUT2D eigenvalue weighted by Gasteiger charge is -2.35. The number of rotatable bonds is 3. The number of nitrogens with zero attached hydrogens (tertiary/aromatic N) is 6. The summed E-state index contributed by atoms with van der Waals surface area (Å²) in [6.45, 7) is 0.634. The Balaban J connectivity index is 1.68. The van der Waals surface area contributed by atoms with Gasteiger partial charge in [0.25, 0.3) is 5.91 Å². The van der Waals surface area contributed by atoms with Crippen molar-refractivity contribution >= 4 is 5.91 Å². The molecule has 3 heterocycles. The second-order valence-corrected chi connectivity index (χ2v) is 6.22. The lowest BCUT2D eigenvalue weighted by atomic mass is 9.97. The third kappa shape index (κ3) is 3.01. The van der Waals surface area contributed by atoms with Gasteiger partial charge >= 0.3 is 0 Å². The lowest BCUT2D eigenvalue weighted by molar-refractivity contribution is 0.0603. The fourth-order valence-electron chi connectivity index (χ4n) is 3.33. The molecule has 0 aliphatic carbocycles. The Morgan fingerprint density at radius 2 is 2.12 bits per heavy atom. The van der Waals surface area contributed by atoms with Crippen LogP contribution in [0.3, 0.4) is 0 Å². The van der Waals surface area contributed by atoms with Gasteiger partial charge in [-0.15, -0.1) is 5.10 Å². The normalized spacial score (nSPS) is 17.2. The first-order valence-electron chi connectivity index (χ1n) is 8.52. The van der Waals surface area contributed by atoms with Gasteiger partial charge in [-0.1, -0.05) is 6.07 Å². The van der Waals surface area contributed by atoms with E-state index in [1.165, 1.54) is 17.1 Å². The van der Waals surface area contributed by atoms with Crippen molar-refractivity contribution in [3.8, 4) is 11.4 Å². The number of benzene rings is 1. The molecule has 8 nitrogen and oxygen atoms in total. The van der Waals surface area contributed by atoms with Gasteiger partial charge in [0.15, 0.2) is 0 Å². The van der Waals surface area contributed by atoms with Gasteiger partial charge in [0.05, 0.1) is 23.0 Å². The van der Waals surface area contributed by atoms with Crippen LogP contribution in [0, 0.1) is 0 Å². The summed E-state index contributed by atoms with van der Waals surface area (Å²) in [7, 11) is 0. The number of carbonyl (C=O) groups is 1. The van der Waals surface area contributed by atoms with Crippen LogP contribution in [0.5, 0.6) is 5.75 Å². The highest BCUT2D eigenvalue weighted by atomic mass is 16.3. The number of hydrogen-bond donors (Lipinski definition) is 1. The van der Waals surface area contributed by atoms with Crippen molar-refractivity contribution in [3.05, 3.63) is 60.2 Å². The Morgan fingerprint density at radius 1 is 1.19 bits per heavy atom. The number of carbonyl (C=O) groups excluding carboxylic acids is 1. The van der Waals surface area contributed by atoms with Gasteiger partial charge in [-0.25, -0.2) is 4.68 Å². The number of aromatic hydroxyl groups is 1. The number of likely N-dealkylation sites (tertiary alicyclic amines) is 1. The van der Waals surface area contributed by atoms with E-state index in [0.717, 1.165) is 25.0 Å². The Labute approximate surface area is 150 Å². The number of piperidine rings is 1. The highest BCUT2D eigenvalue weighted by molar-refractivity contribution is 5.97. The van der Waals surface area contributed by atoms with Crippen LogP contribution in [0.15, 0.2) is 48.9 Å². The SMILES string of the molecule is O=C(c1cc(-n2cnnn2)ccc1O)N1CCCCC1c1ccccn1. The maximum atomic E-state index is 13.2. The van der Waals surface area contributed by atoms with Gasteiger partial charge in [0, 0.05) is 12.7 Å². The first-order valence-corrected chi connectivity index (χ1v) is 8.52. The Morgan fingerprint density at radius 3 is 2.88 bits per heavy atom. The van der Waals surface area contributed by atoms with Crippen LogP contribution in [0.2, 0.25) is 0 Å². The van der Waals surface area contributed by atoms with E-state index in [1.54, 1.807) is 23.2 Å². The van der Waals surface area contributed by atoms with Crippen LogP contribution in [-0.4, -0.2) is 47.6 Å². The van der Waals surface area contributed by atoms with E-state index < -0.39 is 0 Å². The second-order valence-electron chi connectivity index (χ2n) is 6.22. The summed E-state index contributed by atoms with van der Waals surface area (Å²) in [5, 5.41) is 21.3. The molecule has 1 atom stereocenters. The molecule has 0 saturated carbocycles. The minimum absolute atomic E-state index is 0.0582. The maximum absolute atomic E-state index is 13.2. The average molecular weight is 350 g/mol. The number of hydrogen-bond acceptors (Lipinski definition) is 6. The summed E-state index contributed by atoms with van der Waals surface area (Å²) < 4.78 is 1.45. The monoisotopic (exact) mass is 350 g/mol. The van der Waals surface area contributed by atoms with Gasteiger partial charge in [0.1, 0.15) is 12.1 Å². The van der Waals surface area contributed by atoms with Crippen molar-refractivity contribution in [3.63, 3.8) is 0 Å². The molecule has 132 valence electrons. The third-order valence-corrected chi connectivity index (χ3v) is 4.62. The Kier molecular flexibility index (Phi) is 4.30. The molecule has 0 spiro atoms. The van der Waals surface area contributed by atoms with Crippen molar-refractivity contribution < 1.29 is 9.90 Å². The van der Waals surface area contributed by atoms with E-state index in [2.05, 4.69) is 20.5 Å². The van der Waals surface area contributed by atoms with Crippen molar-refractivity contribution in [1.82, 2.24) is 30.1 Å². The highest BCUT2D eigenvalue weighted by Gasteiger charge is 2.30. The van der Waals surface area contributed by atoms with Crippen LogP contribution in [-0.2, 0) is 0 Å². The summed E-state index contributed by atoms with van der Waals surface area (Å²) >= 11 is 0. The molecule has 1 aliphatic rings. The molecule has 2 aromatic heterocycles. The molecule has 1 aliphatic heterocycles. The molecule has 1 N–H and O–H groups in total. The first-order chi connectivity index (χ1) is 12.7. The average Bonchev–Trinajstić information content (AvgIpc) is 3.23. The molecule has 0 bridgehead atoms. The van der Waals surface area contributed by atoms with E-state index in [0.29, 0.717) is 12.2 Å². The Bertz CT molecular complexity index is 897. The number of phenols is 1. The zero-order chi connectivity index (χ0) is 17.9. The fourth-order valence-corrected chi connectivity index (χ4v) is 3.33. The number of aromatic nitrogens is 5. The van der Waals surface area contributed by atoms with Crippen LogP contribution >= 0.6 is 0 Å². The number of pyridine rings is 1. The van der Waals surface area contributed by atoms with E-state index in [1.807, 2.05) is 18.2 Å². The zero-order valence-electron chi connectivity index (χ0n) is 14.1. The van der Waals surface area contributed by atoms with Gasteiger partial charge in [-0.05, 0) is 60.0 Å². The minimum Gasteiger partial charge on any atom is -0.507 e. The van der Waals surface area contributed by atoms with E-state index in [-0.39, 0.29) is 23.3 Å². The number of amides is 1. The predicted molar refractivity (Wildman–Crippen MR) is 92.7 cm³/mol. The third-order valence-electron chi connectivity index (χ3n) is 4.62.